The van der Waals surface area contributed by atoms with Gasteiger partial charge < -0.3 is 4.90 Å². The largest absolute Gasteiger partial charge is 0.335 e. The van der Waals surface area contributed by atoms with Crippen LogP contribution in [0.3, 0.4) is 0 Å². The zero-order valence-electron chi connectivity index (χ0n) is 13.1. The third kappa shape index (κ3) is 3.43. The highest BCUT2D eigenvalue weighted by Gasteiger charge is 2.33. The molecule has 24 heavy (non-hydrogen) atoms. The van der Waals surface area contributed by atoms with Crippen molar-refractivity contribution >= 4 is 17.7 Å². The van der Waals surface area contributed by atoms with E-state index in [2.05, 4.69) is 15.5 Å². The zero-order chi connectivity index (χ0) is 16.5. The molecule has 0 atom stereocenters. The maximum absolute atomic E-state index is 13.9. The first-order valence-electron chi connectivity index (χ1n) is 8.16. The number of carbonyl (C=O) groups is 1. The van der Waals surface area contributed by atoms with Crippen LogP contribution in [0.25, 0.3) is 0 Å². The maximum Gasteiger partial charge on any atom is 0.233 e. The number of hydrogen-bond donors (Lipinski definition) is 0. The predicted octanol–water partition coefficient (Wildman–Crippen LogP) is 2.43. The molecule has 4 rings (SSSR count). The van der Waals surface area contributed by atoms with Gasteiger partial charge in [-0.3, -0.25) is 4.79 Å². The van der Waals surface area contributed by atoms with Crippen molar-refractivity contribution < 1.29 is 9.18 Å². The summed E-state index contributed by atoms with van der Waals surface area (Å²) in [6.07, 6.45) is 4.16. The zero-order valence-corrected chi connectivity index (χ0v) is 14.0. The van der Waals surface area contributed by atoms with E-state index in [9.17, 15) is 9.18 Å². The van der Waals surface area contributed by atoms with Crippen LogP contribution in [0.2, 0.25) is 0 Å². The molecule has 2 aliphatic carbocycles. The second-order valence-electron chi connectivity index (χ2n) is 6.27. The lowest BCUT2D eigenvalue weighted by molar-refractivity contribution is -0.129. The second-order valence-corrected chi connectivity index (χ2v) is 7.21. The van der Waals surface area contributed by atoms with Gasteiger partial charge in [-0.25, -0.2) is 9.07 Å². The van der Waals surface area contributed by atoms with Gasteiger partial charge in [0.15, 0.2) is 0 Å². The van der Waals surface area contributed by atoms with E-state index < -0.39 is 0 Å². The average molecular weight is 347 g/mol. The van der Waals surface area contributed by atoms with Crippen molar-refractivity contribution in [3.8, 4) is 0 Å². The molecule has 2 aromatic rings. The van der Waals surface area contributed by atoms with Crippen LogP contribution in [0.15, 0.2) is 29.4 Å². The lowest BCUT2D eigenvalue weighted by Crippen LogP contribution is -2.34. The van der Waals surface area contributed by atoms with Crippen molar-refractivity contribution in [2.75, 3.05) is 5.75 Å². The number of thioether (sulfide) groups is 1. The quantitative estimate of drug-likeness (QED) is 0.720. The van der Waals surface area contributed by atoms with Gasteiger partial charge in [0, 0.05) is 18.2 Å². The van der Waals surface area contributed by atoms with Crippen LogP contribution in [0, 0.1) is 5.82 Å². The van der Waals surface area contributed by atoms with Gasteiger partial charge in [-0.2, -0.15) is 0 Å². The highest BCUT2D eigenvalue weighted by atomic mass is 32.2. The van der Waals surface area contributed by atoms with E-state index in [1.54, 1.807) is 27.8 Å². The van der Waals surface area contributed by atoms with Gasteiger partial charge in [-0.1, -0.05) is 30.0 Å². The number of hydrogen-bond acceptors (Lipinski definition) is 5. The number of tetrazole rings is 1. The summed E-state index contributed by atoms with van der Waals surface area (Å²) in [7, 11) is 0. The molecule has 2 fully saturated rings. The van der Waals surface area contributed by atoms with Crippen molar-refractivity contribution in [3.63, 3.8) is 0 Å². The van der Waals surface area contributed by atoms with Gasteiger partial charge >= 0.3 is 0 Å². The smallest absolute Gasteiger partial charge is 0.233 e. The molecule has 1 aromatic heterocycles. The molecule has 1 amide bonds. The molecular formula is C16H18FN5OS. The number of halogens is 1. The second kappa shape index (κ2) is 6.51. The molecule has 0 saturated heterocycles. The first-order chi connectivity index (χ1) is 11.7. The van der Waals surface area contributed by atoms with Crippen molar-refractivity contribution in [1.29, 1.82) is 0 Å². The number of carbonyl (C=O) groups excluding carboxylic acids is 1. The number of aromatic nitrogens is 4. The molecule has 0 spiro atoms. The fourth-order valence-corrected chi connectivity index (χ4v) is 3.49. The summed E-state index contributed by atoms with van der Waals surface area (Å²) in [5, 5.41) is 12.4. The van der Waals surface area contributed by atoms with E-state index in [1.807, 2.05) is 0 Å². The summed E-state index contributed by atoms with van der Waals surface area (Å²) in [5.41, 5.74) is 0.561. The minimum atomic E-state index is -0.263. The van der Waals surface area contributed by atoms with Crippen LogP contribution in [0.4, 0.5) is 4.39 Å². The minimum Gasteiger partial charge on any atom is -0.335 e. The Hall–Kier alpha value is -1.96. The monoisotopic (exact) mass is 347 g/mol. The fourth-order valence-electron chi connectivity index (χ4n) is 2.66. The summed E-state index contributed by atoms with van der Waals surface area (Å²) in [5.74, 6) is 0.0234. The Kier molecular flexibility index (Phi) is 4.22. The molecule has 0 bridgehead atoms. The molecule has 8 heteroatoms. The average Bonchev–Trinajstić information content (AvgIpc) is 3.51. The van der Waals surface area contributed by atoms with E-state index >= 15 is 0 Å². The molecule has 6 nitrogen and oxygen atoms in total. The molecule has 0 N–H and O–H groups in total. The van der Waals surface area contributed by atoms with Gasteiger partial charge in [0.25, 0.3) is 0 Å². The molecule has 0 unspecified atom stereocenters. The van der Waals surface area contributed by atoms with Crippen LogP contribution in [0.5, 0.6) is 0 Å². The van der Waals surface area contributed by atoms with Crippen molar-refractivity contribution in [1.82, 2.24) is 25.1 Å². The summed E-state index contributed by atoms with van der Waals surface area (Å²) >= 11 is 1.36. The molecule has 0 radical (unpaired) electrons. The van der Waals surface area contributed by atoms with E-state index in [0.29, 0.717) is 23.3 Å². The van der Waals surface area contributed by atoms with Crippen molar-refractivity contribution in [2.45, 2.75) is 49.5 Å². The van der Waals surface area contributed by atoms with Crippen LogP contribution in [0.1, 0.15) is 37.3 Å². The number of amides is 1. The molecule has 1 aromatic carbocycles. The molecular weight excluding hydrogens is 329 g/mol. The Morgan fingerprint density at radius 2 is 2.08 bits per heavy atom. The van der Waals surface area contributed by atoms with Crippen LogP contribution in [-0.4, -0.2) is 42.8 Å². The van der Waals surface area contributed by atoms with Gasteiger partial charge in [0.1, 0.15) is 5.82 Å². The summed E-state index contributed by atoms with van der Waals surface area (Å²) in [6.45, 7) is 0.324. The Labute approximate surface area is 143 Å². The Balaban J connectivity index is 1.41. The normalized spacial score (nSPS) is 17.0. The molecule has 0 aliphatic heterocycles. The van der Waals surface area contributed by atoms with Gasteiger partial charge in [0.2, 0.25) is 11.1 Å². The third-order valence-electron chi connectivity index (χ3n) is 4.29. The topological polar surface area (TPSA) is 63.9 Å². The van der Waals surface area contributed by atoms with Gasteiger partial charge in [-0.05, 0) is 42.2 Å². The van der Waals surface area contributed by atoms with Crippen molar-refractivity contribution in [2.24, 2.45) is 0 Å². The van der Waals surface area contributed by atoms with E-state index in [0.717, 1.165) is 25.7 Å². The van der Waals surface area contributed by atoms with Crippen LogP contribution in [-0.2, 0) is 11.3 Å². The van der Waals surface area contributed by atoms with Gasteiger partial charge in [0.05, 0.1) is 11.8 Å². The Morgan fingerprint density at radius 3 is 2.79 bits per heavy atom. The summed E-state index contributed by atoms with van der Waals surface area (Å²) < 4.78 is 15.7. The third-order valence-corrected chi connectivity index (χ3v) is 5.20. The van der Waals surface area contributed by atoms with Crippen molar-refractivity contribution in [3.05, 3.63) is 35.6 Å². The van der Waals surface area contributed by atoms with Crippen LogP contribution >= 0.6 is 11.8 Å². The predicted molar refractivity (Wildman–Crippen MR) is 86.8 cm³/mol. The van der Waals surface area contributed by atoms with Gasteiger partial charge in [-0.15, -0.1) is 5.10 Å². The lowest BCUT2D eigenvalue weighted by Gasteiger charge is -2.22. The number of benzene rings is 1. The standard InChI is InChI=1S/C16H18FN5OS/c17-14-4-2-1-3-11(14)9-21(12-5-6-12)15(23)10-24-16-18-19-20-22(16)13-7-8-13/h1-4,12-13H,5-10H2. The summed E-state index contributed by atoms with van der Waals surface area (Å²) in [6, 6.07) is 7.25. The highest BCUT2D eigenvalue weighted by molar-refractivity contribution is 7.99. The minimum absolute atomic E-state index is 0.0103. The van der Waals surface area contributed by atoms with E-state index in [4.69, 9.17) is 0 Å². The maximum atomic E-state index is 13.9. The molecule has 1 heterocycles. The highest BCUT2D eigenvalue weighted by Crippen LogP contribution is 2.36. The number of rotatable bonds is 7. The fraction of sp³-hybridized carbons (Fsp3) is 0.500. The lowest BCUT2D eigenvalue weighted by atomic mass is 10.2. The first kappa shape index (κ1) is 15.6. The first-order valence-corrected chi connectivity index (χ1v) is 9.14. The van der Waals surface area contributed by atoms with Crippen LogP contribution < -0.4 is 0 Å². The SMILES string of the molecule is O=C(CSc1nnnn1C1CC1)N(Cc1ccccc1F)C1CC1. The molecule has 2 aliphatic rings. The Bertz CT molecular complexity index is 744. The van der Waals surface area contributed by atoms with E-state index in [1.165, 1.54) is 17.8 Å². The number of nitrogens with zero attached hydrogens (tertiary/aromatic N) is 5. The van der Waals surface area contributed by atoms with E-state index in [-0.39, 0.29) is 23.5 Å². The molecule has 126 valence electrons. The Morgan fingerprint density at radius 1 is 1.29 bits per heavy atom. The summed E-state index contributed by atoms with van der Waals surface area (Å²) in [4.78, 5) is 14.4. The molecule has 2 saturated carbocycles.